The van der Waals surface area contributed by atoms with E-state index in [1.54, 1.807) is 30.5 Å². The Labute approximate surface area is 220 Å². The summed E-state index contributed by atoms with van der Waals surface area (Å²) >= 11 is 0. The highest BCUT2D eigenvalue weighted by molar-refractivity contribution is 7.90. The zero-order valence-electron chi connectivity index (χ0n) is 21.3. The lowest BCUT2D eigenvalue weighted by Gasteiger charge is -2.25. The molecule has 0 atom stereocenters. The molecule has 5 rings (SSSR count). The minimum atomic E-state index is -3.69. The fourth-order valence-electron chi connectivity index (χ4n) is 5.37. The second-order valence-electron chi connectivity index (χ2n) is 10.00. The van der Waals surface area contributed by atoms with Crippen LogP contribution in [0, 0.1) is 0 Å². The van der Waals surface area contributed by atoms with Gasteiger partial charge in [0.2, 0.25) is 0 Å². The smallest absolute Gasteiger partial charge is 0.268 e. The molecular weight excluding hydrogens is 480 g/mol. The Morgan fingerprint density at radius 3 is 2.49 bits per heavy atom. The van der Waals surface area contributed by atoms with Crippen LogP contribution in [0.15, 0.2) is 90.2 Å². The number of rotatable bonds is 11. The van der Waals surface area contributed by atoms with Gasteiger partial charge in [-0.3, -0.25) is 9.88 Å². The molecule has 1 fully saturated rings. The molecule has 0 bridgehead atoms. The predicted octanol–water partition coefficient (Wildman–Crippen LogP) is 5.59. The Bertz CT molecular complexity index is 1380. The minimum Gasteiger partial charge on any atom is -0.314 e. The van der Waals surface area contributed by atoms with Gasteiger partial charge >= 0.3 is 0 Å². The Morgan fingerprint density at radius 1 is 0.919 bits per heavy atom. The van der Waals surface area contributed by atoms with Crippen molar-refractivity contribution in [3.8, 4) is 0 Å². The monoisotopic (exact) mass is 516 g/mol. The normalized spacial score (nSPS) is 14.9. The number of nitrogens with zero attached hydrogens (tertiary/aromatic N) is 3. The quantitative estimate of drug-likeness (QED) is 0.263. The van der Waals surface area contributed by atoms with Crippen LogP contribution in [0.3, 0.4) is 0 Å². The van der Waals surface area contributed by atoms with Gasteiger partial charge in [-0.25, -0.2) is 12.4 Å². The van der Waals surface area contributed by atoms with Crippen LogP contribution in [-0.4, -0.2) is 41.4 Å². The van der Waals surface area contributed by atoms with Gasteiger partial charge in [-0.2, -0.15) is 0 Å². The molecule has 0 amide bonds. The molecule has 2 aromatic carbocycles. The molecule has 37 heavy (non-hydrogen) atoms. The fraction of sp³-hybridized carbons (Fsp3) is 0.367. The van der Waals surface area contributed by atoms with Crippen molar-refractivity contribution in [2.75, 3.05) is 13.1 Å². The van der Waals surface area contributed by atoms with E-state index in [4.69, 9.17) is 0 Å². The van der Waals surface area contributed by atoms with Crippen molar-refractivity contribution >= 4 is 20.9 Å². The molecular formula is C30H36N4O2S. The first kappa shape index (κ1) is 25.6. The van der Waals surface area contributed by atoms with Crippen LogP contribution in [-0.2, 0) is 23.1 Å². The number of hydrogen-bond acceptors (Lipinski definition) is 5. The molecule has 0 radical (unpaired) electrons. The molecule has 0 aliphatic heterocycles. The van der Waals surface area contributed by atoms with Crippen LogP contribution in [0.4, 0.5) is 0 Å². The molecule has 2 aromatic heterocycles. The SMILES string of the molecule is O=S(=O)(c1ccccc1)n1cc(CN(CCCNC2CCCCC2)Cc2cccnc2)c2ccccc21. The molecule has 6 nitrogen and oxygen atoms in total. The summed E-state index contributed by atoms with van der Waals surface area (Å²) in [6, 6.07) is 21.2. The molecule has 0 saturated heterocycles. The van der Waals surface area contributed by atoms with Gasteiger partial charge in [0.15, 0.2) is 0 Å². The first-order valence-electron chi connectivity index (χ1n) is 13.4. The molecule has 1 aliphatic rings. The first-order valence-corrected chi connectivity index (χ1v) is 14.8. The Kier molecular flexibility index (Phi) is 8.34. The maximum absolute atomic E-state index is 13.5. The van der Waals surface area contributed by atoms with Crippen LogP contribution in [0.5, 0.6) is 0 Å². The summed E-state index contributed by atoms with van der Waals surface area (Å²) in [6.07, 6.45) is 13.2. The van der Waals surface area contributed by atoms with Gasteiger partial charge in [0.1, 0.15) is 0 Å². The largest absolute Gasteiger partial charge is 0.314 e. The van der Waals surface area contributed by atoms with Gasteiger partial charge in [-0.1, -0.05) is 61.7 Å². The molecule has 1 saturated carbocycles. The zero-order valence-corrected chi connectivity index (χ0v) is 22.1. The Balaban J connectivity index is 1.37. The van der Waals surface area contributed by atoms with Crippen molar-refractivity contribution < 1.29 is 8.42 Å². The average molecular weight is 517 g/mol. The van der Waals surface area contributed by atoms with Crippen LogP contribution in [0.1, 0.15) is 49.7 Å². The summed E-state index contributed by atoms with van der Waals surface area (Å²) in [6.45, 7) is 3.34. The number of nitrogens with one attached hydrogen (secondary N) is 1. The number of para-hydroxylation sites is 1. The number of benzene rings is 2. The van der Waals surface area contributed by atoms with Crippen LogP contribution < -0.4 is 5.32 Å². The molecule has 7 heteroatoms. The second-order valence-corrected chi connectivity index (χ2v) is 11.8. The lowest BCUT2D eigenvalue weighted by molar-refractivity contribution is 0.249. The van der Waals surface area contributed by atoms with Crippen molar-refractivity contribution in [2.24, 2.45) is 0 Å². The van der Waals surface area contributed by atoms with Gasteiger partial charge in [0.25, 0.3) is 10.0 Å². The van der Waals surface area contributed by atoms with Gasteiger partial charge < -0.3 is 5.32 Å². The van der Waals surface area contributed by atoms with Crippen molar-refractivity contribution in [1.82, 2.24) is 19.2 Å². The summed E-state index contributed by atoms with van der Waals surface area (Å²) in [5.74, 6) is 0. The maximum atomic E-state index is 13.5. The van der Waals surface area contributed by atoms with Crippen molar-refractivity contribution in [2.45, 2.75) is 62.6 Å². The van der Waals surface area contributed by atoms with Gasteiger partial charge in [0.05, 0.1) is 10.4 Å². The van der Waals surface area contributed by atoms with E-state index in [0.717, 1.165) is 42.6 Å². The summed E-state index contributed by atoms with van der Waals surface area (Å²) < 4.78 is 28.5. The average Bonchev–Trinajstić information content (AvgIpc) is 3.32. The summed E-state index contributed by atoms with van der Waals surface area (Å²) in [5, 5.41) is 4.72. The molecule has 4 aromatic rings. The van der Waals surface area contributed by atoms with E-state index in [-0.39, 0.29) is 0 Å². The lowest BCUT2D eigenvalue weighted by atomic mass is 9.95. The zero-order chi connectivity index (χ0) is 25.5. The maximum Gasteiger partial charge on any atom is 0.268 e. The third-order valence-electron chi connectivity index (χ3n) is 7.27. The van der Waals surface area contributed by atoms with Crippen LogP contribution >= 0.6 is 0 Å². The van der Waals surface area contributed by atoms with E-state index in [1.165, 1.54) is 36.1 Å². The lowest BCUT2D eigenvalue weighted by Crippen LogP contribution is -2.33. The number of fused-ring (bicyclic) bond motifs is 1. The van der Waals surface area contributed by atoms with Gasteiger partial charge in [0, 0.05) is 49.7 Å². The highest BCUT2D eigenvalue weighted by Crippen LogP contribution is 2.27. The highest BCUT2D eigenvalue weighted by Gasteiger charge is 2.22. The van der Waals surface area contributed by atoms with Crippen molar-refractivity contribution in [1.29, 1.82) is 0 Å². The van der Waals surface area contributed by atoms with E-state index in [0.29, 0.717) is 23.0 Å². The number of hydrogen-bond donors (Lipinski definition) is 1. The van der Waals surface area contributed by atoms with Crippen molar-refractivity contribution in [3.63, 3.8) is 0 Å². The third kappa shape index (κ3) is 6.29. The van der Waals surface area contributed by atoms with E-state index in [9.17, 15) is 8.42 Å². The Hall–Kier alpha value is -3.00. The molecule has 2 heterocycles. The van der Waals surface area contributed by atoms with Gasteiger partial charge in [-0.15, -0.1) is 0 Å². The second kappa shape index (κ2) is 12.0. The standard InChI is InChI=1S/C30H36N4O2S/c35-37(36,28-14-5-2-6-15-28)34-24-26(29-16-7-8-17-30(29)34)23-33(22-25-11-9-18-31-21-25)20-10-19-32-27-12-3-1-4-13-27/h2,5-9,11,14-18,21,24,27,32H,1,3-4,10,12-13,19-20,22-23H2. The highest BCUT2D eigenvalue weighted by atomic mass is 32.2. The van der Waals surface area contributed by atoms with Gasteiger partial charge in [-0.05, 0) is 61.2 Å². The summed E-state index contributed by atoms with van der Waals surface area (Å²) in [7, 11) is -3.69. The van der Waals surface area contributed by atoms with E-state index in [1.807, 2.05) is 48.8 Å². The molecule has 1 aliphatic carbocycles. The summed E-state index contributed by atoms with van der Waals surface area (Å²) in [5.41, 5.74) is 2.88. The molecule has 1 N–H and O–H groups in total. The predicted molar refractivity (Wildman–Crippen MR) is 149 cm³/mol. The van der Waals surface area contributed by atoms with Crippen molar-refractivity contribution in [3.05, 3.63) is 96.4 Å². The van der Waals surface area contributed by atoms with Crippen LogP contribution in [0.2, 0.25) is 0 Å². The van der Waals surface area contributed by atoms with E-state index >= 15 is 0 Å². The molecule has 0 spiro atoms. The number of aromatic nitrogens is 2. The van der Waals surface area contributed by atoms with Crippen LogP contribution in [0.25, 0.3) is 10.9 Å². The number of pyridine rings is 1. The summed E-state index contributed by atoms with van der Waals surface area (Å²) in [4.78, 5) is 7.00. The molecule has 0 unspecified atom stereocenters. The molecule has 194 valence electrons. The third-order valence-corrected chi connectivity index (χ3v) is 8.96. The topological polar surface area (TPSA) is 67.2 Å². The van der Waals surface area contributed by atoms with E-state index < -0.39 is 10.0 Å². The first-order chi connectivity index (χ1) is 18.1. The fourth-order valence-corrected chi connectivity index (χ4v) is 6.78. The Morgan fingerprint density at radius 2 is 1.70 bits per heavy atom. The minimum absolute atomic E-state index is 0.295. The van der Waals surface area contributed by atoms with E-state index in [2.05, 4.69) is 21.3 Å².